The molecule has 0 aromatic carbocycles. The molecular formula is C22H29N7O3S2. The second-order valence-corrected chi connectivity index (χ2v) is 11.9. The SMILES string of the molecule is Cc1cc(-c2nc(N3CCOCC3)c3cc(CN4CCN(S(C)(=O)=O)CC4)sc3n2)cnc1N. The summed E-state index contributed by atoms with van der Waals surface area (Å²) < 4.78 is 30.7. The molecule has 0 spiro atoms. The monoisotopic (exact) mass is 503 g/mol. The zero-order chi connectivity index (χ0) is 23.9. The number of pyridine rings is 1. The van der Waals surface area contributed by atoms with Gasteiger partial charge in [0.2, 0.25) is 10.0 Å². The van der Waals surface area contributed by atoms with Gasteiger partial charge in [0.25, 0.3) is 0 Å². The second kappa shape index (κ2) is 9.34. The number of anilines is 2. The number of nitrogens with zero attached hydrogens (tertiary/aromatic N) is 6. The summed E-state index contributed by atoms with van der Waals surface area (Å²) in [7, 11) is -3.14. The molecule has 2 N–H and O–H groups in total. The molecule has 12 heteroatoms. The van der Waals surface area contributed by atoms with Crippen LogP contribution < -0.4 is 10.6 Å². The molecule has 0 bridgehead atoms. The fourth-order valence-electron chi connectivity index (χ4n) is 4.33. The molecule has 34 heavy (non-hydrogen) atoms. The smallest absolute Gasteiger partial charge is 0.211 e. The molecule has 3 aromatic heterocycles. The van der Waals surface area contributed by atoms with Crippen molar-refractivity contribution in [2.45, 2.75) is 13.5 Å². The number of hydrogen-bond acceptors (Lipinski definition) is 10. The number of morpholine rings is 1. The van der Waals surface area contributed by atoms with Crippen LogP contribution in [-0.2, 0) is 21.3 Å². The molecule has 2 saturated heterocycles. The maximum atomic E-state index is 11.8. The van der Waals surface area contributed by atoms with Crippen LogP contribution in [0.15, 0.2) is 18.3 Å². The van der Waals surface area contributed by atoms with Crippen LogP contribution in [0.1, 0.15) is 10.4 Å². The van der Waals surface area contributed by atoms with Crippen molar-refractivity contribution in [2.75, 3.05) is 69.4 Å². The molecule has 0 radical (unpaired) electrons. The molecular weight excluding hydrogens is 474 g/mol. The summed E-state index contributed by atoms with van der Waals surface area (Å²) >= 11 is 1.66. The standard InChI is InChI=1S/C22H29N7O3S2/c1-15-11-16(13-24-19(15)23)20-25-21(28-7-9-32-10-8-28)18-12-17(33-22(18)26-20)14-27-3-5-29(6-4-27)34(2,30)31/h11-13H,3-10,14H2,1-2H3,(H2,23,24). The number of sulfonamides is 1. The molecule has 2 fully saturated rings. The van der Waals surface area contributed by atoms with Gasteiger partial charge >= 0.3 is 0 Å². The number of rotatable bonds is 5. The number of aryl methyl sites for hydroxylation is 1. The van der Waals surface area contributed by atoms with Gasteiger partial charge in [-0.2, -0.15) is 4.31 Å². The first-order chi connectivity index (χ1) is 16.3. The Morgan fingerprint density at radius 2 is 1.82 bits per heavy atom. The lowest BCUT2D eigenvalue weighted by Gasteiger charge is -2.32. The van der Waals surface area contributed by atoms with E-state index in [4.69, 9.17) is 20.4 Å². The lowest BCUT2D eigenvalue weighted by atomic mass is 10.2. The van der Waals surface area contributed by atoms with Crippen molar-refractivity contribution in [3.63, 3.8) is 0 Å². The Kier molecular flexibility index (Phi) is 6.42. The number of hydrogen-bond donors (Lipinski definition) is 1. The van der Waals surface area contributed by atoms with E-state index in [1.54, 1.807) is 21.8 Å². The van der Waals surface area contributed by atoms with Gasteiger partial charge in [-0.1, -0.05) is 0 Å². The maximum absolute atomic E-state index is 11.8. The third-order valence-corrected chi connectivity index (χ3v) is 8.61. The lowest BCUT2D eigenvalue weighted by Crippen LogP contribution is -2.47. The average Bonchev–Trinajstić information content (AvgIpc) is 3.23. The molecule has 5 rings (SSSR count). The molecule has 0 unspecified atom stereocenters. The minimum Gasteiger partial charge on any atom is -0.383 e. The Labute approximate surface area is 203 Å². The normalized spacial score (nSPS) is 18.6. The number of aromatic nitrogens is 3. The van der Waals surface area contributed by atoms with Gasteiger partial charge in [-0.05, 0) is 24.6 Å². The van der Waals surface area contributed by atoms with Crippen molar-refractivity contribution < 1.29 is 13.2 Å². The quantitative estimate of drug-likeness (QED) is 0.553. The zero-order valence-electron chi connectivity index (χ0n) is 19.4. The van der Waals surface area contributed by atoms with Crippen LogP contribution in [-0.4, -0.2) is 91.3 Å². The van der Waals surface area contributed by atoms with Gasteiger partial charge in [0, 0.05) is 62.5 Å². The van der Waals surface area contributed by atoms with Crippen LogP contribution in [0.3, 0.4) is 0 Å². The summed E-state index contributed by atoms with van der Waals surface area (Å²) in [6.45, 7) is 8.07. The maximum Gasteiger partial charge on any atom is 0.211 e. The summed E-state index contributed by atoms with van der Waals surface area (Å²) in [5.74, 6) is 2.06. The van der Waals surface area contributed by atoms with Crippen molar-refractivity contribution >= 4 is 43.2 Å². The van der Waals surface area contributed by atoms with E-state index in [1.165, 1.54) is 11.1 Å². The van der Waals surface area contributed by atoms with Gasteiger partial charge in [0.05, 0.1) is 24.9 Å². The number of piperazine rings is 1. The van der Waals surface area contributed by atoms with E-state index in [9.17, 15) is 8.42 Å². The summed E-state index contributed by atoms with van der Waals surface area (Å²) in [6, 6.07) is 4.16. The molecule has 0 aliphatic carbocycles. The van der Waals surface area contributed by atoms with Crippen molar-refractivity contribution in [1.82, 2.24) is 24.2 Å². The van der Waals surface area contributed by atoms with E-state index in [0.29, 0.717) is 51.0 Å². The summed E-state index contributed by atoms with van der Waals surface area (Å²) in [5, 5.41) is 1.04. The highest BCUT2D eigenvalue weighted by molar-refractivity contribution is 7.88. The van der Waals surface area contributed by atoms with Gasteiger partial charge in [-0.15, -0.1) is 11.3 Å². The van der Waals surface area contributed by atoms with Crippen molar-refractivity contribution in [3.05, 3.63) is 28.8 Å². The first kappa shape index (κ1) is 23.4. The van der Waals surface area contributed by atoms with Crippen LogP contribution >= 0.6 is 11.3 Å². The van der Waals surface area contributed by atoms with Gasteiger partial charge in [-0.3, -0.25) is 4.90 Å². The highest BCUT2D eigenvalue weighted by Gasteiger charge is 2.25. The fraction of sp³-hybridized carbons (Fsp3) is 0.500. The molecule has 2 aliphatic rings. The number of nitrogens with two attached hydrogens (primary N) is 1. The third-order valence-electron chi connectivity index (χ3n) is 6.29. The summed E-state index contributed by atoms with van der Waals surface area (Å²) in [4.78, 5) is 20.8. The van der Waals surface area contributed by atoms with Crippen LogP contribution in [0.2, 0.25) is 0 Å². The van der Waals surface area contributed by atoms with E-state index in [2.05, 4.69) is 20.9 Å². The van der Waals surface area contributed by atoms with E-state index in [1.807, 2.05) is 13.0 Å². The molecule has 2 aliphatic heterocycles. The average molecular weight is 504 g/mol. The highest BCUT2D eigenvalue weighted by Crippen LogP contribution is 2.34. The molecule has 10 nitrogen and oxygen atoms in total. The second-order valence-electron chi connectivity index (χ2n) is 8.77. The van der Waals surface area contributed by atoms with Crippen molar-refractivity contribution in [3.8, 4) is 11.4 Å². The Balaban J connectivity index is 1.46. The Morgan fingerprint density at radius 3 is 2.50 bits per heavy atom. The molecule has 0 saturated carbocycles. The summed E-state index contributed by atoms with van der Waals surface area (Å²) in [6.07, 6.45) is 3.00. The minimum absolute atomic E-state index is 0.507. The fourth-order valence-corrected chi connectivity index (χ4v) is 6.22. The molecule has 5 heterocycles. The molecule has 182 valence electrons. The van der Waals surface area contributed by atoms with Crippen LogP contribution in [0.4, 0.5) is 11.6 Å². The van der Waals surface area contributed by atoms with Crippen LogP contribution in [0.5, 0.6) is 0 Å². The Hall–Kier alpha value is -2.38. The molecule has 0 amide bonds. The molecule has 0 atom stereocenters. The first-order valence-electron chi connectivity index (χ1n) is 11.3. The van der Waals surface area contributed by atoms with Gasteiger partial charge < -0.3 is 15.4 Å². The summed E-state index contributed by atoms with van der Waals surface area (Å²) in [5.41, 5.74) is 7.66. The largest absolute Gasteiger partial charge is 0.383 e. The molecule has 3 aromatic rings. The van der Waals surface area contributed by atoms with E-state index in [0.717, 1.165) is 46.8 Å². The lowest BCUT2D eigenvalue weighted by molar-refractivity contribution is 0.122. The van der Waals surface area contributed by atoms with Crippen LogP contribution in [0.25, 0.3) is 21.6 Å². The van der Waals surface area contributed by atoms with Crippen LogP contribution in [0, 0.1) is 6.92 Å². The Morgan fingerprint density at radius 1 is 1.09 bits per heavy atom. The zero-order valence-corrected chi connectivity index (χ0v) is 21.0. The first-order valence-corrected chi connectivity index (χ1v) is 14.0. The van der Waals surface area contributed by atoms with E-state index < -0.39 is 10.0 Å². The Bertz CT molecular complexity index is 1300. The predicted octanol–water partition coefficient (Wildman–Crippen LogP) is 1.56. The van der Waals surface area contributed by atoms with Gasteiger partial charge in [0.1, 0.15) is 16.5 Å². The van der Waals surface area contributed by atoms with Crippen molar-refractivity contribution in [1.29, 1.82) is 0 Å². The number of ether oxygens (including phenoxy) is 1. The van der Waals surface area contributed by atoms with E-state index >= 15 is 0 Å². The third kappa shape index (κ3) is 4.86. The van der Waals surface area contributed by atoms with Crippen molar-refractivity contribution in [2.24, 2.45) is 0 Å². The topological polar surface area (TPSA) is 118 Å². The highest BCUT2D eigenvalue weighted by atomic mass is 32.2. The van der Waals surface area contributed by atoms with Gasteiger partial charge in [-0.25, -0.2) is 23.4 Å². The minimum atomic E-state index is -3.14. The number of thiophene rings is 1. The van der Waals surface area contributed by atoms with E-state index in [-0.39, 0.29) is 0 Å². The number of nitrogen functional groups attached to an aromatic ring is 1. The number of fused-ring (bicyclic) bond motifs is 1. The van der Waals surface area contributed by atoms with Gasteiger partial charge in [0.15, 0.2) is 5.82 Å². The predicted molar refractivity (Wildman–Crippen MR) is 135 cm³/mol.